The molecule has 1 N–H and O–H groups in total. The topological polar surface area (TPSA) is 49.4 Å². The predicted octanol–water partition coefficient (Wildman–Crippen LogP) is 2.29. The number of benzene rings is 2. The molecule has 1 saturated heterocycles. The predicted molar refractivity (Wildman–Crippen MR) is 85.4 cm³/mol. The summed E-state index contributed by atoms with van der Waals surface area (Å²) < 4.78 is 13.0. The Morgan fingerprint density at radius 2 is 1.74 bits per heavy atom. The van der Waals surface area contributed by atoms with Gasteiger partial charge in [0.2, 0.25) is 5.91 Å². The van der Waals surface area contributed by atoms with E-state index in [2.05, 4.69) is 5.32 Å². The maximum atomic E-state index is 13.0. The molecule has 2 amide bonds. The molecule has 0 spiro atoms. The van der Waals surface area contributed by atoms with Gasteiger partial charge in [0.05, 0.1) is 18.2 Å². The fourth-order valence-corrected chi connectivity index (χ4v) is 2.69. The highest BCUT2D eigenvalue weighted by Crippen LogP contribution is 2.23. The molecule has 2 aromatic rings. The Bertz CT molecular complexity index is 701. The summed E-state index contributed by atoms with van der Waals surface area (Å²) in [5.41, 5.74) is 1.58. The van der Waals surface area contributed by atoms with Crippen molar-refractivity contribution in [1.29, 1.82) is 0 Å². The average Bonchev–Trinajstić information content (AvgIpc) is 2.84. The Morgan fingerprint density at radius 3 is 2.43 bits per heavy atom. The molecule has 0 unspecified atom stereocenters. The van der Waals surface area contributed by atoms with Gasteiger partial charge in [-0.2, -0.15) is 0 Å². The van der Waals surface area contributed by atoms with Crippen LogP contribution >= 0.6 is 0 Å². The molecule has 0 aliphatic carbocycles. The van der Waals surface area contributed by atoms with Crippen LogP contribution in [0, 0.1) is 5.82 Å². The van der Waals surface area contributed by atoms with Crippen LogP contribution in [0.2, 0.25) is 0 Å². The van der Waals surface area contributed by atoms with Gasteiger partial charge in [0.15, 0.2) is 0 Å². The number of nitrogens with one attached hydrogen (secondary N) is 1. The highest BCUT2D eigenvalue weighted by molar-refractivity contribution is 6.22. The quantitative estimate of drug-likeness (QED) is 0.862. The molecular weight excluding hydrogens is 295 g/mol. The van der Waals surface area contributed by atoms with Crippen molar-refractivity contribution in [3.63, 3.8) is 0 Å². The first-order valence-electron chi connectivity index (χ1n) is 7.55. The van der Waals surface area contributed by atoms with E-state index in [0.717, 1.165) is 11.3 Å². The van der Waals surface area contributed by atoms with E-state index in [4.69, 9.17) is 0 Å². The maximum Gasteiger partial charge on any atom is 0.251 e. The summed E-state index contributed by atoms with van der Waals surface area (Å²) in [5, 5.41) is 3.14. The Kier molecular flexibility index (Phi) is 4.48. The van der Waals surface area contributed by atoms with Gasteiger partial charge in [-0.3, -0.25) is 9.59 Å². The second-order valence-electron chi connectivity index (χ2n) is 5.49. The van der Waals surface area contributed by atoms with Gasteiger partial charge in [-0.15, -0.1) is 0 Å². The molecule has 0 radical (unpaired) electrons. The number of hydrogen-bond donors (Lipinski definition) is 1. The molecule has 118 valence electrons. The first-order valence-corrected chi connectivity index (χ1v) is 7.55. The third-order valence-corrected chi connectivity index (χ3v) is 3.88. The van der Waals surface area contributed by atoms with Gasteiger partial charge in [0, 0.05) is 0 Å². The van der Waals surface area contributed by atoms with E-state index < -0.39 is 11.9 Å². The third kappa shape index (κ3) is 3.46. The fourth-order valence-electron chi connectivity index (χ4n) is 2.69. The number of rotatable bonds is 5. The molecule has 1 fully saturated rings. The normalized spacial score (nSPS) is 17.8. The van der Waals surface area contributed by atoms with Gasteiger partial charge in [-0.1, -0.05) is 30.3 Å². The number of carbonyl (C=O) groups is 2. The molecule has 2 aromatic carbocycles. The number of amides is 2. The third-order valence-electron chi connectivity index (χ3n) is 3.88. The van der Waals surface area contributed by atoms with Crippen LogP contribution in [-0.4, -0.2) is 24.4 Å². The molecule has 23 heavy (non-hydrogen) atoms. The van der Waals surface area contributed by atoms with Crippen LogP contribution in [0.15, 0.2) is 54.6 Å². The lowest BCUT2D eigenvalue weighted by atomic mass is 10.1. The van der Waals surface area contributed by atoms with Gasteiger partial charge in [-0.25, -0.2) is 9.29 Å². The Labute approximate surface area is 133 Å². The van der Waals surface area contributed by atoms with E-state index in [1.807, 2.05) is 30.3 Å². The Balaban J connectivity index is 1.61. The Morgan fingerprint density at radius 1 is 1.04 bits per heavy atom. The lowest BCUT2D eigenvalue weighted by Gasteiger charge is -2.15. The SMILES string of the molecule is O=C1C[C@@H](NCCc2ccccc2)C(=O)N1c1ccc(F)cc1. The first-order chi connectivity index (χ1) is 11.1. The van der Waals surface area contributed by atoms with Crippen LogP contribution in [0.5, 0.6) is 0 Å². The van der Waals surface area contributed by atoms with Crippen LogP contribution in [-0.2, 0) is 16.0 Å². The molecule has 3 rings (SSSR count). The molecular formula is C18H17FN2O2. The monoisotopic (exact) mass is 312 g/mol. The zero-order valence-corrected chi connectivity index (χ0v) is 12.5. The molecule has 5 heteroatoms. The molecule has 0 bridgehead atoms. The van der Waals surface area contributed by atoms with Gasteiger partial charge in [-0.05, 0) is 42.8 Å². The van der Waals surface area contributed by atoms with Crippen LogP contribution in [0.25, 0.3) is 0 Å². The standard InChI is InChI=1S/C18H17FN2O2/c19-14-6-8-15(9-7-14)21-17(22)12-16(18(21)23)20-11-10-13-4-2-1-3-5-13/h1-9,16,20H,10-12H2/t16-/m1/s1. The zero-order chi connectivity index (χ0) is 16.2. The number of imide groups is 1. The summed E-state index contributed by atoms with van der Waals surface area (Å²) >= 11 is 0. The number of anilines is 1. The summed E-state index contributed by atoms with van der Waals surface area (Å²) in [5.74, 6) is -0.945. The van der Waals surface area contributed by atoms with Crippen LogP contribution < -0.4 is 10.2 Å². The van der Waals surface area contributed by atoms with E-state index in [1.165, 1.54) is 29.8 Å². The molecule has 1 aliphatic heterocycles. The van der Waals surface area contributed by atoms with E-state index >= 15 is 0 Å². The van der Waals surface area contributed by atoms with Crippen molar-refractivity contribution in [2.45, 2.75) is 18.9 Å². The molecule has 4 nitrogen and oxygen atoms in total. The minimum atomic E-state index is -0.517. The summed E-state index contributed by atoms with van der Waals surface area (Å²) in [6, 6.07) is 14.8. The van der Waals surface area contributed by atoms with Gasteiger partial charge in [0.25, 0.3) is 5.91 Å². The van der Waals surface area contributed by atoms with Crippen molar-refractivity contribution in [1.82, 2.24) is 5.32 Å². The fraction of sp³-hybridized carbons (Fsp3) is 0.222. The van der Waals surface area contributed by atoms with E-state index in [0.29, 0.717) is 12.2 Å². The second kappa shape index (κ2) is 6.71. The summed E-state index contributed by atoms with van der Waals surface area (Å²) in [7, 11) is 0. The van der Waals surface area contributed by atoms with E-state index in [9.17, 15) is 14.0 Å². The first kappa shape index (κ1) is 15.4. The van der Waals surface area contributed by atoms with Gasteiger partial charge < -0.3 is 5.32 Å². The van der Waals surface area contributed by atoms with Crippen molar-refractivity contribution in [2.75, 3.05) is 11.4 Å². The maximum absolute atomic E-state index is 13.0. The second-order valence-corrected chi connectivity index (χ2v) is 5.49. The van der Waals surface area contributed by atoms with Crippen molar-refractivity contribution in [3.05, 3.63) is 66.0 Å². The number of halogens is 1. The van der Waals surface area contributed by atoms with Crippen LogP contribution in [0.1, 0.15) is 12.0 Å². The number of carbonyl (C=O) groups excluding carboxylic acids is 2. The minimum Gasteiger partial charge on any atom is -0.305 e. The van der Waals surface area contributed by atoms with E-state index in [-0.39, 0.29) is 18.2 Å². The van der Waals surface area contributed by atoms with Gasteiger partial charge in [0.1, 0.15) is 5.82 Å². The molecule has 1 atom stereocenters. The summed E-state index contributed by atoms with van der Waals surface area (Å²) in [6.45, 7) is 0.616. The summed E-state index contributed by atoms with van der Waals surface area (Å²) in [4.78, 5) is 25.6. The van der Waals surface area contributed by atoms with Crippen LogP contribution in [0.3, 0.4) is 0 Å². The average molecular weight is 312 g/mol. The minimum absolute atomic E-state index is 0.130. The molecule has 1 aliphatic rings. The van der Waals surface area contributed by atoms with Crippen molar-refractivity contribution < 1.29 is 14.0 Å². The number of hydrogen-bond acceptors (Lipinski definition) is 3. The van der Waals surface area contributed by atoms with Crippen molar-refractivity contribution in [3.8, 4) is 0 Å². The smallest absolute Gasteiger partial charge is 0.251 e. The van der Waals surface area contributed by atoms with Crippen LogP contribution in [0.4, 0.5) is 10.1 Å². The van der Waals surface area contributed by atoms with Crippen molar-refractivity contribution >= 4 is 17.5 Å². The summed E-state index contributed by atoms with van der Waals surface area (Å²) in [6.07, 6.45) is 0.917. The number of nitrogens with zero attached hydrogens (tertiary/aromatic N) is 1. The van der Waals surface area contributed by atoms with Crippen molar-refractivity contribution in [2.24, 2.45) is 0 Å². The van der Waals surface area contributed by atoms with E-state index in [1.54, 1.807) is 0 Å². The lowest BCUT2D eigenvalue weighted by Crippen LogP contribution is -2.39. The van der Waals surface area contributed by atoms with Gasteiger partial charge >= 0.3 is 0 Å². The largest absolute Gasteiger partial charge is 0.305 e. The molecule has 0 saturated carbocycles. The highest BCUT2D eigenvalue weighted by Gasteiger charge is 2.39. The molecule has 0 aromatic heterocycles. The molecule has 1 heterocycles. The highest BCUT2D eigenvalue weighted by atomic mass is 19.1. The lowest BCUT2D eigenvalue weighted by molar-refractivity contribution is -0.121. The zero-order valence-electron chi connectivity index (χ0n) is 12.5. The Hall–Kier alpha value is -2.53.